The first-order chi connectivity index (χ1) is 8.66. The van der Waals surface area contributed by atoms with Gasteiger partial charge in [-0.1, -0.05) is 23.7 Å². The fourth-order valence-electron chi connectivity index (χ4n) is 2.11. The molecule has 0 radical (unpaired) electrons. The van der Waals surface area contributed by atoms with Gasteiger partial charge in [0.1, 0.15) is 0 Å². The van der Waals surface area contributed by atoms with Crippen molar-refractivity contribution >= 4 is 34.6 Å². The molecule has 1 N–H and O–H groups in total. The monoisotopic (exact) mass is 258 g/mol. The van der Waals surface area contributed by atoms with Crippen molar-refractivity contribution in [3.63, 3.8) is 0 Å². The summed E-state index contributed by atoms with van der Waals surface area (Å²) < 4.78 is 0. The van der Waals surface area contributed by atoms with Gasteiger partial charge in [-0.3, -0.25) is 4.79 Å². The zero-order valence-electron chi connectivity index (χ0n) is 9.77. The maximum atomic E-state index is 12.4. The summed E-state index contributed by atoms with van der Waals surface area (Å²) >= 11 is 5.98. The van der Waals surface area contributed by atoms with Crippen molar-refractivity contribution < 1.29 is 4.79 Å². The molecule has 18 heavy (non-hydrogen) atoms. The van der Waals surface area contributed by atoms with Crippen LogP contribution in [-0.4, -0.2) is 13.0 Å². The number of nitrogens with zero attached hydrogens (tertiary/aromatic N) is 1. The van der Waals surface area contributed by atoms with Crippen molar-refractivity contribution in [2.75, 3.05) is 17.3 Å². The molecule has 3 nitrogen and oxygen atoms in total. The molecule has 1 aliphatic heterocycles. The summed E-state index contributed by atoms with van der Waals surface area (Å²) in [6.45, 7) is 0. The van der Waals surface area contributed by atoms with Gasteiger partial charge < -0.3 is 10.2 Å². The molecular formula is C14H11ClN2O. The first-order valence-corrected chi connectivity index (χ1v) is 5.98. The van der Waals surface area contributed by atoms with E-state index in [-0.39, 0.29) is 5.91 Å². The number of hydrogen-bond acceptors (Lipinski definition) is 2. The molecule has 1 heterocycles. The minimum Gasteiger partial charge on any atom is -0.353 e. The largest absolute Gasteiger partial charge is 0.353 e. The Kier molecular flexibility index (Phi) is 2.49. The molecule has 0 aromatic heterocycles. The lowest BCUT2D eigenvalue weighted by atomic mass is 10.1. The molecule has 0 atom stereocenters. The van der Waals surface area contributed by atoms with Crippen LogP contribution in [0.3, 0.4) is 0 Å². The summed E-state index contributed by atoms with van der Waals surface area (Å²) in [6, 6.07) is 12.9. The number of carbonyl (C=O) groups excluding carboxylic acids is 1. The zero-order chi connectivity index (χ0) is 12.7. The highest BCUT2D eigenvalue weighted by Crippen LogP contribution is 2.35. The normalized spacial score (nSPS) is 13.4. The SMILES string of the molecule is CN1C(=O)c2ccc(Cl)cc2Nc2ccccc21. The van der Waals surface area contributed by atoms with E-state index in [1.54, 1.807) is 30.1 Å². The Balaban J connectivity index is 2.24. The number of amides is 1. The second kappa shape index (κ2) is 4.03. The van der Waals surface area contributed by atoms with Crippen molar-refractivity contribution in [3.05, 3.63) is 53.1 Å². The standard InChI is InChI=1S/C14H11ClN2O/c1-17-13-5-3-2-4-11(13)16-12-8-9(15)6-7-10(12)14(17)18/h2-8,16H,1H3. The lowest BCUT2D eigenvalue weighted by Gasteiger charge is -2.16. The van der Waals surface area contributed by atoms with Gasteiger partial charge in [0, 0.05) is 12.1 Å². The van der Waals surface area contributed by atoms with Gasteiger partial charge in [-0.25, -0.2) is 0 Å². The van der Waals surface area contributed by atoms with E-state index < -0.39 is 0 Å². The molecule has 0 bridgehead atoms. The van der Waals surface area contributed by atoms with E-state index in [4.69, 9.17) is 11.6 Å². The van der Waals surface area contributed by atoms with Gasteiger partial charge in [-0.2, -0.15) is 0 Å². The number of benzene rings is 2. The Morgan fingerprint density at radius 1 is 1.11 bits per heavy atom. The first-order valence-electron chi connectivity index (χ1n) is 5.60. The highest BCUT2D eigenvalue weighted by molar-refractivity contribution is 6.31. The Morgan fingerprint density at radius 3 is 2.72 bits per heavy atom. The number of para-hydroxylation sites is 2. The summed E-state index contributed by atoms with van der Waals surface area (Å²) in [7, 11) is 1.77. The molecule has 2 aromatic rings. The molecule has 90 valence electrons. The van der Waals surface area contributed by atoms with Crippen LogP contribution >= 0.6 is 11.6 Å². The quantitative estimate of drug-likeness (QED) is 0.782. The van der Waals surface area contributed by atoms with Gasteiger partial charge in [0.05, 0.1) is 22.6 Å². The van der Waals surface area contributed by atoms with E-state index in [1.807, 2.05) is 24.3 Å². The molecule has 1 aliphatic rings. The van der Waals surface area contributed by atoms with Gasteiger partial charge in [-0.15, -0.1) is 0 Å². The van der Waals surface area contributed by atoms with E-state index in [9.17, 15) is 4.79 Å². The van der Waals surface area contributed by atoms with Crippen LogP contribution in [-0.2, 0) is 0 Å². The average molecular weight is 259 g/mol. The van der Waals surface area contributed by atoms with Crippen molar-refractivity contribution in [1.82, 2.24) is 0 Å². The number of fused-ring (bicyclic) bond motifs is 2. The fraction of sp³-hybridized carbons (Fsp3) is 0.0714. The highest BCUT2D eigenvalue weighted by Gasteiger charge is 2.23. The van der Waals surface area contributed by atoms with Crippen LogP contribution in [0.5, 0.6) is 0 Å². The van der Waals surface area contributed by atoms with Gasteiger partial charge in [-0.05, 0) is 30.3 Å². The van der Waals surface area contributed by atoms with Crippen LogP contribution in [0.15, 0.2) is 42.5 Å². The maximum Gasteiger partial charge on any atom is 0.260 e. The van der Waals surface area contributed by atoms with Crippen LogP contribution in [0.2, 0.25) is 5.02 Å². The lowest BCUT2D eigenvalue weighted by molar-refractivity contribution is 0.0994. The molecule has 1 amide bonds. The number of halogens is 1. The van der Waals surface area contributed by atoms with Gasteiger partial charge >= 0.3 is 0 Å². The number of carbonyl (C=O) groups is 1. The Morgan fingerprint density at radius 2 is 1.89 bits per heavy atom. The smallest absolute Gasteiger partial charge is 0.260 e. The Hall–Kier alpha value is -2.00. The topological polar surface area (TPSA) is 32.3 Å². The second-order valence-electron chi connectivity index (χ2n) is 4.20. The van der Waals surface area contributed by atoms with E-state index >= 15 is 0 Å². The highest BCUT2D eigenvalue weighted by atomic mass is 35.5. The number of anilines is 3. The maximum absolute atomic E-state index is 12.4. The average Bonchev–Trinajstić information content (AvgIpc) is 2.47. The van der Waals surface area contributed by atoms with Crippen LogP contribution in [0.25, 0.3) is 0 Å². The van der Waals surface area contributed by atoms with E-state index in [0.29, 0.717) is 10.6 Å². The van der Waals surface area contributed by atoms with Crippen LogP contribution in [0, 0.1) is 0 Å². The minimum atomic E-state index is -0.0425. The summed E-state index contributed by atoms with van der Waals surface area (Å²) in [4.78, 5) is 14.0. The third-order valence-corrected chi connectivity index (χ3v) is 3.29. The van der Waals surface area contributed by atoms with Gasteiger partial charge in [0.15, 0.2) is 0 Å². The van der Waals surface area contributed by atoms with Crippen molar-refractivity contribution in [1.29, 1.82) is 0 Å². The molecule has 0 aliphatic carbocycles. The molecule has 4 heteroatoms. The third-order valence-electron chi connectivity index (χ3n) is 3.05. The van der Waals surface area contributed by atoms with E-state index in [1.165, 1.54) is 0 Å². The number of nitrogens with one attached hydrogen (secondary N) is 1. The predicted octanol–water partition coefficient (Wildman–Crippen LogP) is 3.67. The summed E-state index contributed by atoms with van der Waals surface area (Å²) in [5.41, 5.74) is 3.12. The van der Waals surface area contributed by atoms with Crippen molar-refractivity contribution in [2.24, 2.45) is 0 Å². The molecule has 0 fully saturated rings. The summed E-state index contributed by atoms with van der Waals surface area (Å²) in [5, 5.41) is 3.87. The van der Waals surface area contributed by atoms with E-state index in [2.05, 4.69) is 5.32 Å². The van der Waals surface area contributed by atoms with Crippen LogP contribution in [0.4, 0.5) is 17.1 Å². The predicted molar refractivity (Wildman–Crippen MR) is 73.9 cm³/mol. The number of hydrogen-bond donors (Lipinski definition) is 1. The van der Waals surface area contributed by atoms with Gasteiger partial charge in [0.25, 0.3) is 5.91 Å². The van der Waals surface area contributed by atoms with E-state index in [0.717, 1.165) is 17.1 Å². The molecule has 3 rings (SSSR count). The third kappa shape index (κ3) is 1.64. The summed E-state index contributed by atoms with van der Waals surface area (Å²) in [5.74, 6) is -0.0425. The molecule has 0 saturated heterocycles. The lowest BCUT2D eigenvalue weighted by Crippen LogP contribution is -2.25. The van der Waals surface area contributed by atoms with Crippen molar-refractivity contribution in [3.8, 4) is 0 Å². The van der Waals surface area contributed by atoms with Crippen molar-refractivity contribution in [2.45, 2.75) is 0 Å². The van der Waals surface area contributed by atoms with Gasteiger partial charge in [0.2, 0.25) is 0 Å². The molecule has 0 unspecified atom stereocenters. The molecule has 2 aromatic carbocycles. The zero-order valence-corrected chi connectivity index (χ0v) is 10.5. The number of rotatable bonds is 0. The minimum absolute atomic E-state index is 0.0425. The second-order valence-corrected chi connectivity index (χ2v) is 4.63. The van der Waals surface area contributed by atoms with Crippen LogP contribution in [0.1, 0.15) is 10.4 Å². The molecule has 0 saturated carbocycles. The molecule has 0 spiro atoms. The fourth-order valence-corrected chi connectivity index (χ4v) is 2.29. The Bertz CT molecular complexity index is 639. The summed E-state index contributed by atoms with van der Waals surface area (Å²) in [6.07, 6.45) is 0. The first kappa shape index (κ1) is 11.1. The molecular weight excluding hydrogens is 248 g/mol. The Labute approximate surface area is 110 Å². The van der Waals surface area contributed by atoms with Crippen LogP contribution < -0.4 is 10.2 Å².